The topological polar surface area (TPSA) is 50.4 Å². The third-order valence-electron chi connectivity index (χ3n) is 3.01. The number of rotatable bonds is 4. The van der Waals surface area contributed by atoms with Crippen molar-refractivity contribution in [1.82, 2.24) is 0 Å². The maximum Gasteiger partial charge on any atom is 0.255 e. The lowest BCUT2D eigenvalue weighted by Gasteiger charge is -2.22. The lowest BCUT2D eigenvalue weighted by Crippen LogP contribution is -2.25. The minimum atomic E-state index is -0.140. The molecule has 116 valence electrons. The third kappa shape index (κ3) is 4.52. The normalized spacial score (nSPS) is 10.9. The molecule has 22 heavy (non-hydrogen) atoms. The van der Waals surface area contributed by atoms with Gasteiger partial charge in [0.15, 0.2) is 0 Å². The van der Waals surface area contributed by atoms with Crippen LogP contribution in [0, 0.1) is 0 Å². The highest BCUT2D eigenvalue weighted by molar-refractivity contribution is 6.04. The van der Waals surface area contributed by atoms with Gasteiger partial charge in [0, 0.05) is 22.5 Å². The van der Waals surface area contributed by atoms with Gasteiger partial charge >= 0.3 is 0 Å². The van der Waals surface area contributed by atoms with Gasteiger partial charge in [0.25, 0.3) is 5.91 Å². The SMILES string of the molecule is COc1ccc(C(=O)Nc2ccc(NC(C)(C)C)cc2)cc1. The quantitative estimate of drug-likeness (QED) is 0.891. The second-order valence-corrected chi connectivity index (χ2v) is 6.13. The summed E-state index contributed by atoms with van der Waals surface area (Å²) in [6.07, 6.45) is 0. The van der Waals surface area contributed by atoms with Crippen LogP contribution in [-0.2, 0) is 0 Å². The highest BCUT2D eigenvalue weighted by atomic mass is 16.5. The highest BCUT2D eigenvalue weighted by Gasteiger charge is 2.10. The van der Waals surface area contributed by atoms with Crippen LogP contribution in [0.2, 0.25) is 0 Å². The first-order chi connectivity index (χ1) is 10.4. The van der Waals surface area contributed by atoms with Crippen LogP contribution in [0.25, 0.3) is 0 Å². The molecule has 0 aromatic heterocycles. The molecule has 0 saturated carbocycles. The number of hydrogen-bond donors (Lipinski definition) is 2. The largest absolute Gasteiger partial charge is 0.497 e. The molecule has 0 unspecified atom stereocenters. The Morgan fingerprint density at radius 2 is 1.45 bits per heavy atom. The van der Waals surface area contributed by atoms with Crippen LogP contribution < -0.4 is 15.4 Å². The Balaban J connectivity index is 2.02. The maximum atomic E-state index is 12.2. The molecular weight excluding hydrogens is 276 g/mol. The van der Waals surface area contributed by atoms with E-state index in [1.807, 2.05) is 24.3 Å². The molecule has 2 N–H and O–H groups in total. The van der Waals surface area contributed by atoms with Crippen molar-refractivity contribution in [2.24, 2.45) is 0 Å². The number of benzene rings is 2. The molecule has 0 heterocycles. The number of amides is 1. The molecule has 4 heteroatoms. The molecule has 2 rings (SSSR count). The Morgan fingerprint density at radius 1 is 0.909 bits per heavy atom. The number of methoxy groups -OCH3 is 1. The third-order valence-corrected chi connectivity index (χ3v) is 3.01. The van der Waals surface area contributed by atoms with Gasteiger partial charge < -0.3 is 15.4 Å². The Kier molecular flexibility index (Phi) is 4.71. The second kappa shape index (κ2) is 6.52. The van der Waals surface area contributed by atoms with Gasteiger partial charge in [-0.05, 0) is 69.3 Å². The zero-order chi connectivity index (χ0) is 16.2. The van der Waals surface area contributed by atoms with Crippen molar-refractivity contribution in [1.29, 1.82) is 0 Å². The van der Waals surface area contributed by atoms with Crippen LogP contribution in [-0.4, -0.2) is 18.6 Å². The summed E-state index contributed by atoms with van der Waals surface area (Å²) in [4.78, 5) is 12.2. The summed E-state index contributed by atoms with van der Waals surface area (Å²) in [7, 11) is 1.60. The molecular formula is C18H22N2O2. The van der Waals surface area contributed by atoms with Crippen molar-refractivity contribution < 1.29 is 9.53 Å². The van der Waals surface area contributed by atoms with E-state index in [1.54, 1.807) is 31.4 Å². The average Bonchev–Trinajstić information content (AvgIpc) is 2.48. The summed E-state index contributed by atoms with van der Waals surface area (Å²) >= 11 is 0. The van der Waals surface area contributed by atoms with E-state index in [0.29, 0.717) is 5.56 Å². The fraction of sp³-hybridized carbons (Fsp3) is 0.278. The van der Waals surface area contributed by atoms with Gasteiger partial charge in [-0.3, -0.25) is 4.79 Å². The summed E-state index contributed by atoms with van der Waals surface area (Å²) < 4.78 is 5.08. The molecule has 0 atom stereocenters. The highest BCUT2D eigenvalue weighted by Crippen LogP contribution is 2.19. The van der Waals surface area contributed by atoms with Crippen LogP contribution in [0.3, 0.4) is 0 Å². The molecule has 0 saturated heterocycles. The minimum absolute atomic E-state index is 0.00780. The van der Waals surface area contributed by atoms with Gasteiger partial charge in [-0.1, -0.05) is 0 Å². The molecule has 2 aromatic rings. The Labute approximate surface area is 131 Å². The van der Waals surface area contributed by atoms with Gasteiger partial charge in [0.05, 0.1) is 7.11 Å². The Morgan fingerprint density at radius 3 is 1.95 bits per heavy atom. The summed E-state index contributed by atoms with van der Waals surface area (Å²) in [6, 6.07) is 14.7. The smallest absolute Gasteiger partial charge is 0.255 e. The van der Waals surface area contributed by atoms with E-state index >= 15 is 0 Å². The molecule has 0 aliphatic heterocycles. The van der Waals surface area contributed by atoms with Crippen molar-refractivity contribution >= 4 is 17.3 Å². The first-order valence-corrected chi connectivity index (χ1v) is 7.21. The molecule has 0 fully saturated rings. The molecule has 0 spiro atoms. The van der Waals surface area contributed by atoms with E-state index < -0.39 is 0 Å². The molecule has 1 amide bonds. The molecule has 4 nitrogen and oxygen atoms in total. The van der Waals surface area contributed by atoms with E-state index in [4.69, 9.17) is 4.74 Å². The summed E-state index contributed by atoms with van der Waals surface area (Å²) in [5.74, 6) is 0.591. The van der Waals surface area contributed by atoms with E-state index in [-0.39, 0.29) is 11.4 Å². The minimum Gasteiger partial charge on any atom is -0.497 e. The van der Waals surface area contributed by atoms with Crippen LogP contribution >= 0.6 is 0 Å². The number of hydrogen-bond acceptors (Lipinski definition) is 3. The van der Waals surface area contributed by atoms with Crippen molar-refractivity contribution in [2.45, 2.75) is 26.3 Å². The number of carbonyl (C=O) groups excluding carboxylic acids is 1. The Bertz CT molecular complexity index is 626. The zero-order valence-electron chi connectivity index (χ0n) is 13.4. The van der Waals surface area contributed by atoms with Gasteiger partial charge in [0.1, 0.15) is 5.75 Å². The predicted octanol–water partition coefficient (Wildman–Crippen LogP) is 4.16. The first kappa shape index (κ1) is 15.9. The molecule has 0 bridgehead atoms. The molecule has 0 aliphatic rings. The fourth-order valence-corrected chi connectivity index (χ4v) is 2.02. The average molecular weight is 298 g/mol. The first-order valence-electron chi connectivity index (χ1n) is 7.21. The monoisotopic (exact) mass is 298 g/mol. The maximum absolute atomic E-state index is 12.2. The van der Waals surface area contributed by atoms with Crippen molar-refractivity contribution in [3.63, 3.8) is 0 Å². The lowest BCUT2D eigenvalue weighted by atomic mass is 10.1. The second-order valence-electron chi connectivity index (χ2n) is 6.13. The van der Waals surface area contributed by atoms with Crippen LogP contribution in [0.5, 0.6) is 5.75 Å². The molecule has 0 aliphatic carbocycles. The summed E-state index contributed by atoms with van der Waals surface area (Å²) in [5, 5.41) is 6.26. The van der Waals surface area contributed by atoms with E-state index in [1.165, 1.54) is 0 Å². The number of anilines is 2. The van der Waals surface area contributed by atoms with Gasteiger partial charge in [0.2, 0.25) is 0 Å². The number of carbonyl (C=O) groups is 1. The van der Waals surface area contributed by atoms with Crippen molar-refractivity contribution in [2.75, 3.05) is 17.7 Å². The summed E-state index contributed by atoms with van der Waals surface area (Å²) in [5.41, 5.74) is 2.39. The van der Waals surface area contributed by atoms with Crippen molar-refractivity contribution in [3.8, 4) is 5.75 Å². The van der Waals surface area contributed by atoms with Crippen LogP contribution in [0.15, 0.2) is 48.5 Å². The van der Waals surface area contributed by atoms with Crippen LogP contribution in [0.1, 0.15) is 31.1 Å². The van der Waals surface area contributed by atoms with Gasteiger partial charge in [-0.15, -0.1) is 0 Å². The van der Waals surface area contributed by atoms with E-state index in [9.17, 15) is 4.79 Å². The zero-order valence-corrected chi connectivity index (χ0v) is 13.4. The van der Waals surface area contributed by atoms with Crippen molar-refractivity contribution in [3.05, 3.63) is 54.1 Å². The Hall–Kier alpha value is -2.49. The summed E-state index contributed by atoms with van der Waals surface area (Å²) in [6.45, 7) is 6.31. The van der Waals surface area contributed by atoms with E-state index in [2.05, 4.69) is 31.4 Å². The predicted molar refractivity (Wildman–Crippen MR) is 90.8 cm³/mol. The lowest BCUT2D eigenvalue weighted by molar-refractivity contribution is 0.102. The molecule has 0 radical (unpaired) electrons. The fourth-order valence-electron chi connectivity index (χ4n) is 2.02. The standard InChI is InChI=1S/C18H22N2O2/c1-18(2,3)20-15-9-7-14(8-10-15)19-17(21)13-5-11-16(22-4)12-6-13/h5-12,20H,1-4H3,(H,19,21). The van der Waals surface area contributed by atoms with Gasteiger partial charge in [-0.2, -0.15) is 0 Å². The number of nitrogens with one attached hydrogen (secondary N) is 2. The van der Waals surface area contributed by atoms with Crippen LogP contribution in [0.4, 0.5) is 11.4 Å². The molecule has 2 aromatic carbocycles. The van der Waals surface area contributed by atoms with Gasteiger partial charge in [-0.25, -0.2) is 0 Å². The number of ether oxygens (including phenoxy) is 1. The van der Waals surface area contributed by atoms with E-state index in [0.717, 1.165) is 17.1 Å².